The molecule has 0 unspecified atom stereocenters. The van der Waals surface area contributed by atoms with Crippen molar-refractivity contribution in [2.24, 2.45) is 0 Å². The van der Waals surface area contributed by atoms with Crippen LogP contribution in [0.1, 0.15) is 24.4 Å². The zero-order valence-corrected chi connectivity index (χ0v) is 17.4. The summed E-state index contributed by atoms with van der Waals surface area (Å²) in [6.07, 6.45) is 0.343. The van der Waals surface area contributed by atoms with Gasteiger partial charge in [-0.3, -0.25) is 4.79 Å². The van der Waals surface area contributed by atoms with Gasteiger partial charge in [0.2, 0.25) is 17.8 Å². The van der Waals surface area contributed by atoms with Crippen LogP contribution in [0.15, 0.2) is 54.6 Å². The Hall–Kier alpha value is -2.84. The summed E-state index contributed by atoms with van der Waals surface area (Å²) in [6, 6.07) is 16.7. The number of hydrogen-bond acceptors (Lipinski definition) is 7. The van der Waals surface area contributed by atoms with E-state index in [-0.39, 0.29) is 17.1 Å². The third-order valence-corrected chi connectivity index (χ3v) is 5.39. The van der Waals surface area contributed by atoms with Crippen LogP contribution in [0, 0.1) is 0 Å². The normalized spacial score (nSPS) is 11.7. The van der Waals surface area contributed by atoms with Gasteiger partial charge in [0.25, 0.3) is 0 Å². The molecule has 1 amide bonds. The highest BCUT2D eigenvalue weighted by atomic mass is 35.5. The number of anilines is 4. The number of nitrogens with two attached hydrogens (primary N) is 1. The Kier molecular flexibility index (Phi) is 7.26. The Morgan fingerprint density at radius 1 is 1.10 bits per heavy atom. The monoisotopic (exact) mass is 428 g/mol. The number of amides is 1. The Morgan fingerprint density at radius 2 is 1.83 bits per heavy atom. The van der Waals surface area contributed by atoms with E-state index in [9.17, 15) is 4.79 Å². The number of aromatic nitrogens is 3. The molecule has 1 heterocycles. The molecule has 0 aliphatic rings. The molecule has 0 saturated carbocycles. The van der Waals surface area contributed by atoms with Crippen LogP contribution in [0.2, 0.25) is 5.02 Å². The van der Waals surface area contributed by atoms with Crippen molar-refractivity contribution in [3.63, 3.8) is 0 Å². The Bertz CT molecular complexity index is 972. The summed E-state index contributed by atoms with van der Waals surface area (Å²) in [5.74, 6) is 1.61. The molecule has 0 aliphatic carbocycles. The molecular weight excluding hydrogens is 408 g/mol. The van der Waals surface area contributed by atoms with Crippen molar-refractivity contribution in [2.45, 2.75) is 18.6 Å². The fourth-order valence-electron chi connectivity index (χ4n) is 2.48. The molecule has 0 fully saturated rings. The molecule has 9 heteroatoms. The molecule has 0 aliphatic heterocycles. The molecule has 4 N–H and O–H groups in total. The van der Waals surface area contributed by atoms with Crippen LogP contribution in [0.4, 0.5) is 23.3 Å². The number of benzene rings is 2. The van der Waals surface area contributed by atoms with Crippen LogP contribution in [0.25, 0.3) is 0 Å². The number of hydrogen-bond donors (Lipinski definition) is 3. The van der Waals surface area contributed by atoms with Gasteiger partial charge in [0, 0.05) is 17.9 Å². The number of nitrogens with zero attached hydrogens (tertiary/aromatic N) is 3. The van der Waals surface area contributed by atoms with E-state index in [1.807, 2.05) is 49.4 Å². The maximum atomic E-state index is 12.1. The van der Waals surface area contributed by atoms with Gasteiger partial charge < -0.3 is 16.4 Å². The number of carbonyl (C=O) groups excluding carboxylic acids is 1. The number of carbonyl (C=O) groups is 1. The Morgan fingerprint density at radius 3 is 2.59 bits per heavy atom. The quantitative estimate of drug-likeness (QED) is 0.478. The third-order valence-electron chi connectivity index (χ3n) is 3.91. The average Bonchev–Trinajstić information content (AvgIpc) is 2.70. The fraction of sp³-hybridized carbons (Fsp3) is 0.200. The highest BCUT2D eigenvalue weighted by molar-refractivity contribution is 7.99. The smallest absolute Gasteiger partial charge is 0.232 e. The van der Waals surface area contributed by atoms with E-state index in [0.717, 1.165) is 5.69 Å². The highest BCUT2D eigenvalue weighted by Gasteiger charge is 2.14. The van der Waals surface area contributed by atoms with E-state index in [1.54, 1.807) is 23.9 Å². The number of para-hydroxylation sites is 2. The van der Waals surface area contributed by atoms with Crippen molar-refractivity contribution in [3.8, 4) is 0 Å². The van der Waals surface area contributed by atoms with E-state index in [2.05, 4.69) is 25.6 Å². The lowest BCUT2D eigenvalue weighted by molar-refractivity contribution is -0.115. The fourth-order valence-corrected chi connectivity index (χ4v) is 3.57. The lowest BCUT2D eigenvalue weighted by Crippen LogP contribution is -2.13. The first kappa shape index (κ1) is 20.9. The number of halogens is 1. The second-order valence-electron chi connectivity index (χ2n) is 6.16. The first-order valence-corrected chi connectivity index (χ1v) is 10.4. The van der Waals surface area contributed by atoms with Crippen molar-refractivity contribution >= 4 is 52.5 Å². The minimum absolute atomic E-state index is 0.0512. The van der Waals surface area contributed by atoms with Gasteiger partial charge in [-0.2, -0.15) is 26.7 Å². The maximum Gasteiger partial charge on any atom is 0.232 e. The van der Waals surface area contributed by atoms with Gasteiger partial charge in [-0.05, 0) is 31.2 Å². The highest BCUT2D eigenvalue weighted by Crippen LogP contribution is 2.28. The molecule has 150 valence electrons. The minimum Gasteiger partial charge on any atom is -0.368 e. The van der Waals surface area contributed by atoms with Crippen LogP contribution in [-0.2, 0) is 4.79 Å². The molecule has 7 nitrogen and oxygen atoms in total. The summed E-state index contributed by atoms with van der Waals surface area (Å²) < 4.78 is 0. The van der Waals surface area contributed by atoms with Gasteiger partial charge in [-0.1, -0.05) is 41.9 Å². The van der Waals surface area contributed by atoms with Gasteiger partial charge in [0.1, 0.15) is 5.82 Å². The lowest BCUT2D eigenvalue weighted by atomic mass is 10.3. The van der Waals surface area contributed by atoms with Crippen molar-refractivity contribution < 1.29 is 4.79 Å². The topological polar surface area (TPSA) is 106 Å². The van der Waals surface area contributed by atoms with Gasteiger partial charge in [-0.15, -0.1) is 0 Å². The second kappa shape index (κ2) is 10.1. The van der Waals surface area contributed by atoms with Crippen molar-refractivity contribution in [1.82, 2.24) is 15.0 Å². The minimum atomic E-state index is -0.0978. The summed E-state index contributed by atoms with van der Waals surface area (Å²) in [6.45, 7) is 1.97. The zero-order chi connectivity index (χ0) is 20.6. The molecule has 0 bridgehead atoms. The van der Waals surface area contributed by atoms with Crippen LogP contribution >= 0.6 is 23.4 Å². The molecule has 2 aromatic carbocycles. The molecule has 29 heavy (non-hydrogen) atoms. The van der Waals surface area contributed by atoms with Gasteiger partial charge in [0.05, 0.1) is 16.0 Å². The molecule has 0 spiro atoms. The predicted octanol–water partition coefficient (Wildman–Crippen LogP) is 4.67. The van der Waals surface area contributed by atoms with Crippen molar-refractivity contribution in [3.05, 3.63) is 65.4 Å². The lowest BCUT2D eigenvalue weighted by Gasteiger charge is -2.12. The molecule has 0 radical (unpaired) electrons. The number of nitrogen functional groups attached to an aromatic ring is 1. The first-order chi connectivity index (χ1) is 14.0. The van der Waals surface area contributed by atoms with Crippen molar-refractivity contribution in [1.29, 1.82) is 0 Å². The molecule has 1 atom stereocenters. The Labute approximate surface area is 178 Å². The summed E-state index contributed by atoms with van der Waals surface area (Å²) in [5, 5.41) is 6.40. The average molecular weight is 429 g/mol. The van der Waals surface area contributed by atoms with E-state index < -0.39 is 0 Å². The summed E-state index contributed by atoms with van der Waals surface area (Å²) >= 11 is 7.63. The van der Waals surface area contributed by atoms with Crippen LogP contribution in [0.3, 0.4) is 0 Å². The first-order valence-electron chi connectivity index (χ1n) is 9.01. The summed E-state index contributed by atoms with van der Waals surface area (Å²) in [4.78, 5) is 25.0. The Balaban J connectivity index is 1.54. The van der Waals surface area contributed by atoms with E-state index in [0.29, 0.717) is 34.7 Å². The summed E-state index contributed by atoms with van der Waals surface area (Å²) in [7, 11) is 0. The van der Waals surface area contributed by atoms with Crippen LogP contribution in [0.5, 0.6) is 0 Å². The van der Waals surface area contributed by atoms with Gasteiger partial charge in [-0.25, -0.2) is 0 Å². The SMILES string of the molecule is C[C@H](SCCC(=O)Nc1ccccc1Cl)c1nc(N)nc(Nc2ccccc2)n1. The molecule has 0 saturated heterocycles. The third kappa shape index (κ3) is 6.33. The number of nitrogens with one attached hydrogen (secondary N) is 2. The van der Waals surface area contributed by atoms with Gasteiger partial charge in [0.15, 0.2) is 0 Å². The van der Waals surface area contributed by atoms with Gasteiger partial charge >= 0.3 is 0 Å². The zero-order valence-electron chi connectivity index (χ0n) is 15.8. The summed E-state index contributed by atoms with van der Waals surface area (Å²) in [5.41, 5.74) is 7.31. The molecule has 3 rings (SSSR count). The number of thioether (sulfide) groups is 1. The standard InChI is InChI=1S/C20H21ClN6OS/c1-13(29-12-11-17(28)24-16-10-6-5-9-15(16)21)18-25-19(22)27-20(26-18)23-14-7-3-2-4-8-14/h2-10,13H,11-12H2,1H3,(H,24,28)(H3,22,23,25,26,27)/t13-/m0/s1. The maximum absolute atomic E-state index is 12.1. The van der Waals surface area contributed by atoms with Crippen LogP contribution < -0.4 is 16.4 Å². The van der Waals surface area contributed by atoms with E-state index >= 15 is 0 Å². The van der Waals surface area contributed by atoms with E-state index in [4.69, 9.17) is 17.3 Å². The van der Waals surface area contributed by atoms with Crippen LogP contribution in [-0.4, -0.2) is 26.6 Å². The largest absolute Gasteiger partial charge is 0.368 e. The molecule has 1 aromatic heterocycles. The predicted molar refractivity (Wildman–Crippen MR) is 120 cm³/mol. The second-order valence-corrected chi connectivity index (χ2v) is 8.01. The van der Waals surface area contributed by atoms with Crippen molar-refractivity contribution in [2.75, 3.05) is 22.1 Å². The van der Waals surface area contributed by atoms with E-state index in [1.165, 1.54) is 0 Å². The molecular formula is C20H21ClN6OS. The number of rotatable bonds is 8. The molecule has 3 aromatic rings.